The van der Waals surface area contributed by atoms with E-state index in [9.17, 15) is 9.59 Å². The second-order valence-corrected chi connectivity index (χ2v) is 2.74. The van der Waals surface area contributed by atoms with E-state index in [-0.39, 0.29) is 17.9 Å². The van der Waals surface area contributed by atoms with Gasteiger partial charge in [0, 0.05) is 25.9 Å². The van der Waals surface area contributed by atoms with Gasteiger partial charge in [-0.15, -0.1) is 0 Å². The van der Waals surface area contributed by atoms with Gasteiger partial charge in [0.15, 0.2) is 0 Å². The molecule has 0 spiro atoms. The monoisotopic (exact) mass is 186 g/mol. The van der Waals surface area contributed by atoms with Gasteiger partial charge in [-0.2, -0.15) is 0 Å². The molecule has 2 amide bonds. The minimum Gasteiger partial charge on any atom is -0.356 e. The standard InChI is InChI=1S/C7H12N2O2.C2H6/c1-5(10)9-6-2-3-8-7(11)4-6;1-2/h6H,2-4H2,1H3,(H,8,11)(H,9,10);1-2H3. The number of nitrogens with one attached hydrogen (secondary N) is 2. The van der Waals surface area contributed by atoms with Crippen molar-refractivity contribution in [3.8, 4) is 0 Å². The maximum absolute atomic E-state index is 10.8. The predicted octanol–water partition coefficient (Wildman–Crippen LogP) is 0.427. The molecule has 0 aromatic heterocycles. The van der Waals surface area contributed by atoms with Crippen LogP contribution in [0.2, 0.25) is 0 Å². The van der Waals surface area contributed by atoms with Gasteiger partial charge in [0.05, 0.1) is 0 Å². The van der Waals surface area contributed by atoms with E-state index in [1.165, 1.54) is 6.92 Å². The zero-order valence-electron chi connectivity index (χ0n) is 8.52. The van der Waals surface area contributed by atoms with Gasteiger partial charge >= 0.3 is 0 Å². The Labute approximate surface area is 79.1 Å². The average Bonchev–Trinajstić information content (AvgIpc) is 2.06. The third kappa shape index (κ3) is 5.22. The van der Waals surface area contributed by atoms with Crippen molar-refractivity contribution in [2.75, 3.05) is 6.54 Å². The number of carbonyl (C=O) groups is 2. The topological polar surface area (TPSA) is 58.2 Å². The molecule has 1 aliphatic rings. The van der Waals surface area contributed by atoms with E-state index >= 15 is 0 Å². The van der Waals surface area contributed by atoms with E-state index in [2.05, 4.69) is 10.6 Å². The molecule has 1 saturated heterocycles. The van der Waals surface area contributed by atoms with Crippen molar-refractivity contribution in [2.45, 2.75) is 39.7 Å². The summed E-state index contributed by atoms with van der Waals surface area (Å²) in [6, 6.07) is 0.0428. The van der Waals surface area contributed by atoms with Gasteiger partial charge in [0.25, 0.3) is 0 Å². The highest BCUT2D eigenvalue weighted by Crippen LogP contribution is 2.02. The number of amides is 2. The first-order valence-corrected chi connectivity index (χ1v) is 4.72. The van der Waals surface area contributed by atoms with Gasteiger partial charge in [-0.3, -0.25) is 9.59 Å². The van der Waals surface area contributed by atoms with E-state index in [0.717, 1.165) is 6.42 Å². The van der Waals surface area contributed by atoms with Gasteiger partial charge in [-0.05, 0) is 6.42 Å². The zero-order chi connectivity index (χ0) is 10.3. The van der Waals surface area contributed by atoms with Gasteiger partial charge < -0.3 is 10.6 Å². The van der Waals surface area contributed by atoms with Crippen LogP contribution in [0.15, 0.2) is 0 Å². The van der Waals surface area contributed by atoms with E-state index < -0.39 is 0 Å². The lowest BCUT2D eigenvalue weighted by Gasteiger charge is -2.22. The molecule has 1 unspecified atom stereocenters. The molecule has 0 radical (unpaired) electrons. The largest absolute Gasteiger partial charge is 0.356 e. The number of carbonyl (C=O) groups excluding carboxylic acids is 2. The molecule has 0 saturated carbocycles. The lowest BCUT2D eigenvalue weighted by molar-refractivity contribution is -0.124. The molecule has 1 aliphatic heterocycles. The van der Waals surface area contributed by atoms with Crippen LogP contribution >= 0.6 is 0 Å². The number of rotatable bonds is 1. The smallest absolute Gasteiger partial charge is 0.222 e. The van der Waals surface area contributed by atoms with Crippen molar-refractivity contribution in [3.63, 3.8) is 0 Å². The summed E-state index contributed by atoms with van der Waals surface area (Å²) < 4.78 is 0. The van der Waals surface area contributed by atoms with Crippen molar-refractivity contribution in [1.29, 1.82) is 0 Å². The molecule has 4 heteroatoms. The minimum atomic E-state index is -0.0651. The second kappa shape index (κ2) is 6.46. The molecule has 0 aromatic rings. The van der Waals surface area contributed by atoms with Crippen molar-refractivity contribution in [3.05, 3.63) is 0 Å². The zero-order valence-corrected chi connectivity index (χ0v) is 8.52. The number of hydrogen-bond acceptors (Lipinski definition) is 2. The highest BCUT2D eigenvalue weighted by atomic mass is 16.2. The summed E-state index contributed by atoms with van der Waals surface area (Å²) in [5, 5.41) is 5.41. The fraction of sp³-hybridized carbons (Fsp3) is 0.778. The molecule has 2 N–H and O–H groups in total. The Balaban J connectivity index is 0.000000671. The van der Waals surface area contributed by atoms with Gasteiger partial charge in [0.2, 0.25) is 11.8 Å². The SMILES string of the molecule is CC.CC(=O)NC1CCNC(=O)C1. The van der Waals surface area contributed by atoms with Crippen LogP contribution in [0.1, 0.15) is 33.6 Å². The molecule has 1 rings (SSSR count). The Hall–Kier alpha value is -1.06. The maximum atomic E-state index is 10.8. The second-order valence-electron chi connectivity index (χ2n) is 2.74. The van der Waals surface area contributed by atoms with Crippen LogP contribution in [-0.2, 0) is 9.59 Å². The van der Waals surface area contributed by atoms with Crippen LogP contribution in [-0.4, -0.2) is 24.4 Å². The van der Waals surface area contributed by atoms with Crippen molar-refractivity contribution in [2.24, 2.45) is 0 Å². The first-order chi connectivity index (χ1) is 6.18. The Morgan fingerprint density at radius 3 is 2.62 bits per heavy atom. The van der Waals surface area contributed by atoms with Gasteiger partial charge in [-0.1, -0.05) is 13.8 Å². The lowest BCUT2D eigenvalue weighted by atomic mass is 10.1. The third-order valence-electron chi connectivity index (χ3n) is 1.65. The summed E-state index contributed by atoms with van der Waals surface area (Å²) in [5.41, 5.74) is 0. The van der Waals surface area contributed by atoms with E-state index in [0.29, 0.717) is 13.0 Å². The van der Waals surface area contributed by atoms with E-state index in [1.807, 2.05) is 13.8 Å². The lowest BCUT2D eigenvalue weighted by Crippen LogP contribution is -2.44. The van der Waals surface area contributed by atoms with Crippen molar-refractivity contribution < 1.29 is 9.59 Å². The van der Waals surface area contributed by atoms with E-state index in [4.69, 9.17) is 0 Å². The van der Waals surface area contributed by atoms with Crippen LogP contribution in [0.3, 0.4) is 0 Å². The third-order valence-corrected chi connectivity index (χ3v) is 1.65. The molecule has 0 bridgehead atoms. The maximum Gasteiger partial charge on any atom is 0.222 e. The first kappa shape index (κ1) is 11.9. The Morgan fingerprint density at radius 2 is 2.15 bits per heavy atom. The molecule has 1 atom stereocenters. The summed E-state index contributed by atoms with van der Waals surface area (Å²) in [7, 11) is 0. The predicted molar refractivity (Wildman–Crippen MR) is 51.2 cm³/mol. The fourth-order valence-electron chi connectivity index (χ4n) is 1.19. The summed E-state index contributed by atoms with van der Waals surface area (Å²) in [4.78, 5) is 21.4. The molecule has 1 fully saturated rings. The van der Waals surface area contributed by atoms with Gasteiger partial charge in [-0.25, -0.2) is 0 Å². The first-order valence-electron chi connectivity index (χ1n) is 4.72. The Bertz CT molecular complexity index is 178. The van der Waals surface area contributed by atoms with Crippen LogP contribution < -0.4 is 10.6 Å². The van der Waals surface area contributed by atoms with Crippen LogP contribution in [0.25, 0.3) is 0 Å². The normalized spacial score (nSPS) is 20.8. The Kier molecular flexibility index (Phi) is 5.93. The van der Waals surface area contributed by atoms with Crippen LogP contribution in [0.4, 0.5) is 0 Å². The quantitative estimate of drug-likeness (QED) is 0.624. The molecular weight excluding hydrogens is 168 g/mol. The average molecular weight is 186 g/mol. The van der Waals surface area contributed by atoms with Crippen molar-refractivity contribution >= 4 is 11.8 Å². The molecule has 76 valence electrons. The van der Waals surface area contributed by atoms with E-state index in [1.54, 1.807) is 0 Å². The highest BCUT2D eigenvalue weighted by Gasteiger charge is 2.18. The van der Waals surface area contributed by atoms with Crippen LogP contribution in [0.5, 0.6) is 0 Å². The summed E-state index contributed by atoms with van der Waals surface area (Å²) in [6.45, 7) is 6.14. The molecular formula is C9H18N2O2. The summed E-state index contributed by atoms with van der Waals surface area (Å²) in [5.74, 6) is -0.0419. The Morgan fingerprint density at radius 1 is 1.54 bits per heavy atom. The number of piperidine rings is 1. The molecule has 0 aromatic carbocycles. The summed E-state index contributed by atoms with van der Waals surface area (Å²) in [6.07, 6.45) is 1.25. The van der Waals surface area contributed by atoms with Crippen LogP contribution in [0, 0.1) is 0 Å². The molecule has 13 heavy (non-hydrogen) atoms. The summed E-state index contributed by atoms with van der Waals surface area (Å²) >= 11 is 0. The highest BCUT2D eigenvalue weighted by molar-refractivity contribution is 5.79. The molecule has 4 nitrogen and oxygen atoms in total. The van der Waals surface area contributed by atoms with Crippen molar-refractivity contribution in [1.82, 2.24) is 10.6 Å². The van der Waals surface area contributed by atoms with Gasteiger partial charge in [0.1, 0.15) is 0 Å². The molecule has 1 heterocycles. The molecule has 0 aliphatic carbocycles. The fourth-order valence-corrected chi connectivity index (χ4v) is 1.19. The minimum absolute atomic E-state index is 0.0231. The number of hydrogen-bond donors (Lipinski definition) is 2.